The van der Waals surface area contributed by atoms with E-state index in [0.717, 1.165) is 103 Å². The molecule has 0 fully saturated rings. The van der Waals surface area contributed by atoms with E-state index in [4.69, 9.17) is 14.2 Å². The molecule has 0 saturated heterocycles. The van der Waals surface area contributed by atoms with Gasteiger partial charge in [0.2, 0.25) is 0 Å². The van der Waals surface area contributed by atoms with Gasteiger partial charge in [0.15, 0.2) is 6.10 Å². The predicted molar refractivity (Wildman–Crippen MR) is 242 cm³/mol. The van der Waals surface area contributed by atoms with Gasteiger partial charge in [-0.3, -0.25) is 14.4 Å². The maximum Gasteiger partial charge on any atom is 0.306 e. The topological polar surface area (TPSA) is 78.9 Å². The second-order valence-electron chi connectivity index (χ2n) is 14.2. The van der Waals surface area contributed by atoms with E-state index in [-0.39, 0.29) is 31.6 Å². The average Bonchev–Trinajstić information content (AvgIpc) is 3.21. The number of allylic oxidation sites excluding steroid dienone is 18. The fraction of sp³-hybridized carbons (Fsp3) is 0.588. The molecule has 0 aliphatic carbocycles. The first-order valence-corrected chi connectivity index (χ1v) is 22.4. The number of hydrogen-bond donors (Lipinski definition) is 0. The van der Waals surface area contributed by atoms with E-state index in [2.05, 4.69) is 118 Å². The second kappa shape index (κ2) is 44.8. The maximum atomic E-state index is 12.6. The lowest BCUT2D eigenvalue weighted by Gasteiger charge is -2.18. The van der Waals surface area contributed by atoms with Gasteiger partial charge < -0.3 is 14.2 Å². The number of carbonyl (C=O) groups is 3. The molecule has 0 radical (unpaired) electrons. The van der Waals surface area contributed by atoms with Gasteiger partial charge in [0.25, 0.3) is 0 Å². The van der Waals surface area contributed by atoms with Crippen LogP contribution < -0.4 is 0 Å². The third-order valence-electron chi connectivity index (χ3n) is 8.79. The van der Waals surface area contributed by atoms with E-state index >= 15 is 0 Å². The van der Waals surface area contributed by atoms with Crippen LogP contribution in [0.5, 0.6) is 0 Å². The zero-order valence-electron chi connectivity index (χ0n) is 36.3. The Morgan fingerprint density at radius 1 is 0.368 bits per heavy atom. The molecule has 320 valence electrons. The van der Waals surface area contributed by atoms with Crippen LogP contribution in [0, 0.1) is 0 Å². The molecular weight excluding hydrogens is 709 g/mol. The molecular formula is C51H80O6. The van der Waals surface area contributed by atoms with E-state index in [1.807, 2.05) is 12.2 Å². The van der Waals surface area contributed by atoms with Crippen LogP contribution in [0.4, 0.5) is 0 Å². The highest BCUT2D eigenvalue weighted by Gasteiger charge is 2.19. The minimum Gasteiger partial charge on any atom is -0.462 e. The Morgan fingerprint density at radius 2 is 0.719 bits per heavy atom. The molecule has 0 N–H and O–H groups in total. The summed E-state index contributed by atoms with van der Waals surface area (Å²) in [6.07, 6.45) is 59.6. The van der Waals surface area contributed by atoms with Gasteiger partial charge in [0, 0.05) is 19.3 Å². The lowest BCUT2D eigenvalue weighted by molar-refractivity contribution is -0.166. The molecule has 1 atom stereocenters. The van der Waals surface area contributed by atoms with Crippen LogP contribution >= 0.6 is 0 Å². The van der Waals surface area contributed by atoms with Crippen molar-refractivity contribution in [2.45, 2.75) is 181 Å². The number of unbranched alkanes of at least 4 members (excludes halogenated alkanes) is 9. The first-order valence-electron chi connectivity index (χ1n) is 22.4. The van der Waals surface area contributed by atoms with Crippen molar-refractivity contribution in [3.05, 3.63) is 109 Å². The van der Waals surface area contributed by atoms with Gasteiger partial charge in [0.1, 0.15) is 13.2 Å². The van der Waals surface area contributed by atoms with Gasteiger partial charge in [-0.05, 0) is 89.9 Å². The van der Waals surface area contributed by atoms with E-state index in [0.29, 0.717) is 19.3 Å². The standard InChI is InChI=1S/C51H80O6/c1-4-7-10-13-16-18-20-22-23-24-25-26-27-29-30-32-35-38-41-44-50(53)56-47-48(46-55-49(52)43-40-37-34-15-12-9-6-3)57-51(54)45-42-39-36-33-31-28-21-19-17-14-11-8-5-2/h7-8,10-11,16-19,22-23,25-26,28-31,36,39,48H,4-6,9,12-15,20-21,24,27,32-35,37-38,40-47H2,1-3H3/b10-7-,11-8-,18-16-,19-17-,23-22-,26-25-,30-29-,31-28-,39-36-. The lowest BCUT2D eigenvalue weighted by Crippen LogP contribution is -2.30. The predicted octanol–water partition coefficient (Wildman–Crippen LogP) is 14.4. The number of hydrogen-bond acceptors (Lipinski definition) is 6. The Bertz CT molecular complexity index is 1230. The molecule has 6 heteroatoms. The first-order chi connectivity index (χ1) is 28.0. The van der Waals surface area contributed by atoms with Crippen LogP contribution in [0.1, 0.15) is 175 Å². The first kappa shape index (κ1) is 53.1. The molecule has 0 spiro atoms. The molecule has 6 nitrogen and oxygen atoms in total. The summed E-state index contributed by atoms with van der Waals surface area (Å²) in [5.74, 6) is -1.06. The Hall–Kier alpha value is -3.93. The van der Waals surface area contributed by atoms with Gasteiger partial charge >= 0.3 is 17.9 Å². The molecule has 0 rings (SSSR count). The second-order valence-corrected chi connectivity index (χ2v) is 14.2. The van der Waals surface area contributed by atoms with Gasteiger partial charge in [-0.2, -0.15) is 0 Å². The Balaban J connectivity index is 4.47. The Morgan fingerprint density at radius 3 is 1.14 bits per heavy atom. The van der Waals surface area contributed by atoms with Crippen molar-refractivity contribution in [1.29, 1.82) is 0 Å². The molecule has 0 saturated carbocycles. The van der Waals surface area contributed by atoms with Crippen LogP contribution in [-0.2, 0) is 28.6 Å². The van der Waals surface area contributed by atoms with Gasteiger partial charge in [-0.15, -0.1) is 0 Å². The van der Waals surface area contributed by atoms with E-state index < -0.39 is 12.1 Å². The molecule has 0 aliphatic heterocycles. The lowest BCUT2D eigenvalue weighted by atomic mass is 10.1. The maximum absolute atomic E-state index is 12.6. The molecule has 57 heavy (non-hydrogen) atoms. The highest BCUT2D eigenvalue weighted by atomic mass is 16.6. The molecule has 0 aliphatic rings. The SMILES string of the molecule is CC/C=C\C/C=C\C/C=C\C/C=C\C/C=C\CCCCCC(=O)OCC(COC(=O)CCCCCCCCC)OC(=O)CC/C=C\C/C=C\C/C=C\C/C=C\CC. The largest absolute Gasteiger partial charge is 0.462 e. The fourth-order valence-electron chi connectivity index (χ4n) is 5.48. The fourth-order valence-corrected chi connectivity index (χ4v) is 5.48. The average molecular weight is 789 g/mol. The van der Waals surface area contributed by atoms with Crippen LogP contribution in [0.3, 0.4) is 0 Å². The van der Waals surface area contributed by atoms with Crippen molar-refractivity contribution >= 4 is 17.9 Å². The minimum atomic E-state index is -0.827. The number of esters is 3. The highest BCUT2D eigenvalue weighted by molar-refractivity contribution is 5.71. The van der Waals surface area contributed by atoms with Crippen LogP contribution in [0.15, 0.2) is 109 Å². The third kappa shape index (κ3) is 43.0. The number of ether oxygens (including phenoxy) is 3. The van der Waals surface area contributed by atoms with Crippen LogP contribution in [0.2, 0.25) is 0 Å². The minimum absolute atomic E-state index is 0.119. The molecule has 0 bridgehead atoms. The molecule has 0 heterocycles. The molecule has 0 amide bonds. The van der Waals surface area contributed by atoms with E-state index in [1.54, 1.807) is 0 Å². The number of rotatable bonds is 38. The zero-order chi connectivity index (χ0) is 41.5. The van der Waals surface area contributed by atoms with Crippen molar-refractivity contribution in [2.75, 3.05) is 13.2 Å². The Kier molecular flexibility index (Phi) is 41.7. The quantitative estimate of drug-likeness (QED) is 0.0268. The monoisotopic (exact) mass is 789 g/mol. The number of carbonyl (C=O) groups excluding carboxylic acids is 3. The van der Waals surface area contributed by atoms with Crippen molar-refractivity contribution in [3.63, 3.8) is 0 Å². The van der Waals surface area contributed by atoms with Gasteiger partial charge in [-0.25, -0.2) is 0 Å². The Labute approximate surface area is 349 Å². The molecule has 0 aromatic rings. The normalized spacial score (nSPS) is 13.1. The van der Waals surface area contributed by atoms with Crippen LogP contribution in [0.25, 0.3) is 0 Å². The van der Waals surface area contributed by atoms with Crippen molar-refractivity contribution in [3.8, 4) is 0 Å². The summed E-state index contributed by atoms with van der Waals surface area (Å²) in [6, 6.07) is 0. The highest BCUT2D eigenvalue weighted by Crippen LogP contribution is 2.11. The summed E-state index contributed by atoms with van der Waals surface area (Å²) in [5.41, 5.74) is 0. The zero-order valence-corrected chi connectivity index (χ0v) is 36.3. The molecule has 0 aromatic carbocycles. The third-order valence-corrected chi connectivity index (χ3v) is 8.79. The summed E-state index contributed by atoms with van der Waals surface area (Å²) in [6.45, 7) is 6.23. The van der Waals surface area contributed by atoms with Gasteiger partial charge in [-0.1, -0.05) is 175 Å². The summed E-state index contributed by atoms with van der Waals surface area (Å²) in [7, 11) is 0. The summed E-state index contributed by atoms with van der Waals surface area (Å²) in [4.78, 5) is 37.6. The van der Waals surface area contributed by atoms with Gasteiger partial charge in [0.05, 0.1) is 0 Å². The summed E-state index contributed by atoms with van der Waals surface area (Å²) < 4.78 is 16.5. The smallest absolute Gasteiger partial charge is 0.306 e. The van der Waals surface area contributed by atoms with E-state index in [1.165, 1.54) is 25.7 Å². The van der Waals surface area contributed by atoms with Crippen molar-refractivity contribution < 1.29 is 28.6 Å². The van der Waals surface area contributed by atoms with E-state index in [9.17, 15) is 14.4 Å². The summed E-state index contributed by atoms with van der Waals surface area (Å²) >= 11 is 0. The summed E-state index contributed by atoms with van der Waals surface area (Å²) in [5, 5.41) is 0. The molecule has 1 unspecified atom stereocenters. The molecule has 0 aromatic heterocycles. The van der Waals surface area contributed by atoms with Crippen molar-refractivity contribution in [2.24, 2.45) is 0 Å². The van der Waals surface area contributed by atoms with Crippen LogP contribution in [-0.4, -0.2) is 37.2 Å². The van der Waals surface area contributed by atoms with Crippen molar-refractivity contribution in [1.82, 2.24) is 0 Å².